The monoisotopic (exact) mass is 219 g/mol. The van der Waals surface area contributed by atoms with Crippen LogP contribution in [0.2, 0.25) is 0 Å². The third-order valence-corrected chi connectivity index (χ3v) is 2.77. The van der Waals surface area contributed by atoms with E-state index in [0.29, 0.717) is 0 Å². The second kappa shape index (κ2) is 3.81. The Labute approximate surface area is 95.8 Å². The van der Waals surface area contributed by atoms with Crippen LogP contribution in [0.1, 0.15) is 32.8 Å². The summed E-state index contributed by atoms with van der Waals surface area (Å²) in [5.41, 5.74) is 1.90. The second-order valence-corrected chi connectivity index (χ2v) is 4.87. The summed E-state index contributed by atoms with van der Waals surface area (Å²) in [6.07, 6.45) is 2.06. The summed E-state index contributed by atoms with van der Waals surface area (Å²) >= 11 is 0. The molecule has 3 heteroatoms. The summed E-state index contributed by atoms with van der Waals surface area (Å²) in [6, 6.07) is 5.84. The number of hydrogen-bond acceptors (Lipinski definition) is 2. The van der Waals surface area contributed by atoms with Gasteiger partial charge in [-0.3, -0.25) is 4.79 Å². The molecule has 0 spiro atoms. The summed E-state index contributed by atoms with van der Waals surface area (Å²) in [6.45, 7) is 5.67. The smallest absolute Gasteiger partial charge is 0.221 e. The SMILES string of the molecule is CC(=O)Nc1ccc2c(c1)OC(C)(C)CC2. The first kappa shape index (κ1) is 11.0. The predicted octanol–water partition coefficient (Wildman–Crippen LogP) is 2.75. The van der Waals surface area contributed by atoms with E-state index in [4.69, 9.17) is 4.74 Å². The summed E-state index contributed by atoms with van der Waals surface area (Å²) in [7, 11) is 0. The quantitative estimate of drug-likeness (QED) is 0.788. The van der Waals surface area contributed by atoms with Crippen LogP contribution in [0.4, 0.5) is 5.69 Å². The van der Waals surface area contributed by atoms with Crippen LogP contribution in [0.5, 0.6) is 5.75 Å². The molecule has 0 aromatic heterocycles. The Hall–Kier alpha value is -1.51. The van der Waals surface area contributed by atoms with E-state index in [1.807, 2.05) is 18.2 Å². The lowest BCUT2D eigenvalue weighted by molar-refractivity contribution is -0.114. The molecule has 0 atom stereocenters. The average molecular weight is 219 g/mol. The Kier molecular flexibility index (Phi) is 2.62. The Morgan fingerprint density at radius 1 is 1.44 bits per heavy atom. The number of rotatable bonds is 1. The molecule has 1 heterocycles. The molecule has 0 saturated carbocycles. The zero-order chi connectivity index (χ0) is 11.8. The minimum absolute atomic E-state index is 0.0602. The number of nitrogens with one attached hydrogen (secondary N) is 1. The van der Waals surface area contributed by atoms with Crippen LogP contribution >= 0.6 is 0 Å². The number of benzene rings is 1. The summed E-state index contributed by atoms with van der Waals surface area (Å²) < 4.78 is 5.89. The molecular formula is C13H17NO2. The average Bonchev–Trinajstić information content (AvgIpc) is 2.14. The highest BCUT2D eigenvalue weighted by molar-refractivity contribution is 5.88. The molecule has 2 rings (SSSR count). The van der Waals surface area contributed by atoms with Gasteiger partial charge in [-0.1, -0.05) is 6.07 Å². The molecule has 0 saturated heterocycles. The molecule has 0 unspecified atom stereocenters. The minimum Gasteiger partial charge on any atom is -0.487 e. The fraction of sp³-hybridized carbons (Fsp3) is 0.462. The van der Waals surface area contributed by atoms with Gasteiger partial charge in [-0.25, -0.2) is 0 Å². The van der Waals surface area contributed by atoms with Crippen molar-refractivity contribution in [2.24, 2.45) is 0 Å². The van der Waals surface area contributed by atoms with E-state index in [9.17, 15) is 4.79 Å². The fourth-order valence-electron chi connectivity index (χ4n) is 1.92. The van der Waals surface area contributed by atoms with Gasteiger partial charge in [-0.15, -0.1) is 0 Å². The van der Waals surface area contributed by atoms with Crippen molar-refractivity contribution in [1.29, 1.82) is 0 Å². The van der Waals surface area contributed by atoms with E-state index in [2.05, 4.69) is 19.2 Å². The van der Waals surface area contributed by atoms with Crippen molar-refractivity contribution >= 4 is 11.6 Å². The van der Waals surface area contributed by atoms with Crippen LogP contribution in [-0.2, 0) is 11.2 Å². The number of carbonyl (C=O) groups is 1. The lowest BCUT2D eigenvalue weighted by atomic mass is 9.94. The van der Waals surface area contributed by atoms with Gasteiger partial charge in [0, 0.05) is 18.7 Å². The Bertz CT molecular complexity index is 424. The van der Waals surface area contributed by atoms with Crippen molar-refractivity contribution in [3.63, 3.8) is 0 Å². The Balaban J connectivity index is 2.27. The van der Waals surface area contributed by atoms with Gasteiger partial charge in [0.2, 0.25) is 5.91 Å². The van der Waals surface area contributed by atoms with Gasteiger partial charge < -0.3 is 10.1 Å². The minimum atomic E-state index is -0.109. The van der Waals surface area contributed by atoms with E-state index in [1.54, 1.807) is 0 Å². The third-order valence-electron chi connectivity index (χ3n) is 2.77. The van der Waals surface area contributed by atoms with Gasteiger partial charge in [-0.05, 0) is 38.3 Å². The zero-order valence-electron chi connectivity index (χ0n) is 9.96. The molecule has 1 amide bonds. The van der Waals surface area contributed by atoms with Crippen LogP contribution in [-0.4, -0.2) is 11.5 Å². The van der Waals surface area contributed by atoms with Gasteiger partial charge in [0.15, 0.2) is 0 Å². The molecule has 3 nitrogen and oxygen atoms in total. The first-order chi connectivity index (χ1) is 7.46. The fourth-order valence-corrected chi connectivity index (χ4v) is 1.92. The molecule has 1 aliphatic rings. The predicted molar refractivity (Wildman–Crippen MR) is 63.8 cm³/mol. The van der Waals surface area contributed by atoms with Gasteiger partial charge in [-0.2, -0.15) is 0 Å². The second-order valence-electron chi connectivity index (χ2n) is 4.87. The van der Waals surface area contributed by atoms with Gasteiger partial charge in [0.25, 0.3) is 0 Å². The number of amides is 1. The van der Waals surface area contributed by atoms with Crippen molar-refractivity contribution in [1.82, 2.24) is 0 Å². The molecule has 1 aromatic carbocycles. The number of anilines is 1. The van der Waals surface area contributed by atoms with E-state index < -0.39 is 0 Å². The number of fused-ring (bicyclic) bond motifs is 1. The van der Waals surface area contributed by atoms with Gasteiger partial charge >= 0.3 is 0 Å². The number of hydrogen-bond donors (Lipinski definition) is 1. The topological polar surface area (TPSA) is 38.3 Å². The molecule has 0 bridgehead atoms. The number of carbonyl (C=O) groups excluding carboxylic acids is 1. The summed E-state index contributed by atoms with van der Waals surface area (Å²) in [4.78, 5) is 11.0. The van der Waals surface area contributed by atoms with E-state index in [1.165, 1.54) is 12.5 Å². The molecule has 16 heavy (non-hydrogen) atoms. The van der Waals surface area contributed by atoms with Gasteiger partial charge in [0.05, 0.1) is 0 Å². The molecule has 1 aromatic rings. The van der Waals surface area contributed by atoms with Crippen LogP contribution in [0, 0.1) is 0 Å². The molecule has 0 aliphatic carbocycles. The molecule has 0 radical (unpaired) electrons. The van der Waals surface area contributed by atoms with Crippen LogP contribution < -0.4 is 10.1 Å². The van der Waals surface area contributed by atoms with Crippen molar-refractivity contribution < 1.29 is 9.53 Å². The Morgan fingerprint density at radius 3 is 2.88 bits per heavy atom. The number of aryl methyl sites for hydroxylation is 1. The highest BCUT2D eigenvalue weighted by Crippen LogP contribution is 2.34. The van der Waals surface area contributed by atoms with Gasteiger partial charge in [0.1, 0.15) is 11.4 Å². The van der Waals surface area contributed by atoms with Crippen LogP contribution in [0.15, 0.2) is 18.2 Å². The molecular weight excluding hydrogens is 202 g/mol. The standard InChI is InChI=1S/C13H17NO2/c1-9(15)14-11-5-4-10-6-7-13(2,3)16-12(10)8-11/h4-5,8H,6-7H2,1-3H3,(H,14,15). The highest BCUT2D eigenvalue weighted by atomic mass is 16.5. The maximum Gasteiger partial charge on any atom is 0.221 e. The largest absolute Gasteiger partial charge is 0.487 e. The number of ether oxygens (including phenoxy) is 1. The van der Waals surface area contributed by atoms with E-state index >= 15 is 0 Å². The maximum absolute atomic E-state index is 11.0. The lowest BCUT2D eigenvalue weighted by Gasteiger charge is -2.32. The molecule has 1 aliphatic heterocycles. The van der Waals surface area contributed by atoms with Crippen molar-refractivity contribution in [2.45, 2.75) is 39.2 Å². The van der Waals surface area contributed by atoms with E-state index in [0.717, 1.165) is 24.3 Å². The lowest BCUT2D eigenvalue weighted by Crippen LogP contribution is -2.32. The first-order valence-corrected chi connectivity index (χ1v) is 5.56. The van der Waals surface area contributed by atoms with Crippen LogP contribution in [0.25, 0.3) is 0 Å². The molecule has 1 N–H and O–H groups in total. The zero-order valence-corrected chi connectivity index (χ0v) is 9.96. The van der Waals surface area contributed by atoms with Crippen molar-refractivity contribution in [2.75, 3.05) is 5.32 Å². The molecule has 0 fully saturated rings. The molecule has 86 valence electrons. The van der Waals surface area contributed by atoms with Crippen molar-refractivity contribution in [3.05, 3.63) is 23.8 Å². The maximum atomic E-state index is 11.0. The Morgan fingerprint density at radius 2 is 2.19 bits per heavy atom. The normalized spacial score (nSPS) is 17.2. The van der Waals surface area contributed by atoms with E-state index in [-0.39, 0.29) is 11.5 Å². The third kappa shape index (κ3) is 2.35. The van der Waals surface area contributed by atoms with Crippen molar-refractivity contribution in [3.8, 4) is 5.75 Å². The first-order valence-electron chi connectivity index (χ1n) is 5.56. The highest BCUT2D eigenvalue weighted by Gasteiger charge is 2.26. The van der Waals surface area contributed by atoms with Crippen LogP contribution in [0.3, 0.4) is 0 Å². The summed E-state index contributed by atoms with van der Waals surface area (Å²) in [5, 5.41) is 2.76. The summed E-state index contributed by atoms with van der Waals surface area (Å²) in [5.74, 6) is 0.831.